The minimum Gasteiger partial charge on any atom is -0.482 e. The van der Waals surface area contributed by atoms with Gasteiger partial charge in [-0.1, -0.05) is 17.7 Å². The Morgan fingerprint density at radius 1 is 1.27 bits per heavy atom. The van der Waals surface area contributed by atoms with Crippen molar-refractivity contribution >= 4 is 23.3 Å². The molecule has 0 N–H and O–H groups in total. The van der Waals surface area contributed by atoms with Gasteiger partial charge in [0.2, 0.25) is 0 Å². The van der Waals surface area contributed by atoms with E-state index in [1.807, 2.05) is 0 Å². The minimum absolute atomic E-state index is 0.0358. The molecule has 6 nitrogen and oxygen atoms in total. The number of hydrogen-bond acceptors (Lipinski definition) is 5. The van der Waals surface area contributed by atoms with Gasteiger partial charge in [-0.05, 0) is 36.8 Å². The zero-order valence-corrected chi connectivity index (χ0v) is 12.4. The van der Waals surface area contributed by atoms with Crippen LogP contribution in [-0.4, -0.2) is 17.5 Å². The highest BCUT2D eigenvalue weighted by atomic mass is 35.5. The van der Waals surface area contributed by atoms with Gasteiger partial charge in [0.25, 0.3) is 5.69 Å². The molecule has 2 rings (SSSR count). The molecule has 0 amide bonds. The van der Waals surface area contributed by atoms with Crippen LogP contribution in [0, 0.1) is 17.0 Å². The number of aryl methyl sites for hydroxylation is 1. The monoisotopic (exact) mass is 321 g/mol. The van der Waals surface area contributed by atoms with Crippen molar-refractivity contribution in [1.82, 2.24) is 0 Å². The molecule has 22 heavy (non-hydrogen) atoms. The Kier molecular flexibility index (Phi) is 4.95. The molecule has 0 bridgehead atoms. The quantitative estimate of drug-likeness (QED) is 0.364. The zero-order chi connectivity index (χ0) is 16.1. The largest absolute Gasteiger partial charge is 0.482 e. The molecule has 2 aromatic carbocycles. The average molecular weight is 322 g/mol. The van der Waals surface area contributed by atoms with Gasteiger partial charge in [0.15, 0.2) is 6.61 Å². The molecule has 0 radical (unpaired) electrons. The first-order valence-electron chi connectivity index (χ1n) is 6.30. The number of esters is 1. The molecule has 0 aliphatic rings. The summed E-state index contributed by atoms with van der Waals surface area (Å²) in [4.78, 5) is 21.8. The summed E-state index contributed by atoms with van der Waals surface area (Å²) < 4.78 is 10.4. The number of ether oxygens (including phenoxy) is 2. The van der Waals surface area contributed by atoms with E-state index in [1.54, 1.807) is 25.1 Å². The molecule has 0 saturated carbocycles. The highest BCUT2D eigenvalue weighted by Crippen LogP contribution is 2.23. The van der Waals surface area contributed by atoms with Gasteiger partial charge >= 0.3 is 5.97 Å². The van der Waals surface area contributed by atoms with Gasteiger partial charge in [-0.3, -0.25) is 10.1 Å². The molecular weight excluding hydrogens is 310 g/mol. The third-order valence-corrected chi connectivity index (χ3v) is 2.98. The predicted octanol–water partition coefficient (Wildman–Crippen LogP) is 3.54. The number of carbonyl (C=O) groups excluding carboxylic acids is 1. The molecule has 0 spiro atoms. The first-order chi connectivity index (χ1) is 10.5. The maximum Gasteiger partial charge on any atom is 0.349 e. The second-order valence-electron chi connectivity index (χ2n) is 4.43. The lowest BCUT2D eigenvalue weighted by Crippen LogP contribution is -2.18. The summed E-state index contributed by atoms with van der Waals surface area (Å²) in [6.07, 6.45) is 0. The maximum absolute atomic E-state index is 11.7. The Balaban J connectivity index is 1.95. The summed E-state index contributed by atoms with van der Waals surface area (Å²) in [5.41, 5.74) is 0.524. The van der Waals surface area contributed by atoms with Gasteiger partial charge in [0, 0.05) is 17.2 Å². The van der Waals surface area contributed by atoms with Gasteiger partial charge in [-0.2, -0.15) is 0 Å². The number of benzene rings is 2. The van der Waals surface area contributed by atoms with E-state index >= 15 is 0 Å². The Hall–Kier alpha value is -2.60. The maximum atomic E-state index is 11.7. The fraction of sp³-hybridized carbons (Fsp3) is 0.133. The number of nitro benzene ring substituents is 1. The summed E-state index contributed by atoms with van der Waals surface area (Å²) in [5, 5.41) is 11.1. The van der Waals surface area contributed by atoms with Crippen molar-refractivity contribution < 1.29 is 19.2 Å². The molecule has 0 fully saturated rings. The van der Waals surface area contributed by atoms with Crippen molar-refractivity contribution in [3.05, 3.63) is 63.2 Å². The topological polar surface area (TPSA) is 78.7 Å². The molecule has 0 atom stereocenters. The predicted molar refractivity (Wildman–Crippen MR) is 80.4 cm³/mol. The van der Waals surface area contributed by atoms with E-state index in [-0.39, 0.29) is 12.3 Å². The Bertz CT molecular complexity index is 717. The summed E-state index contributed by atoms with van der Waals surface area (Å²) in [7, 11) is 0. The summed E-state index contributed by atoms with van der Waals surface area (Å²) >= 11 is 5.78. The van der Waals surface area contributed by atoms with Crippen LogP contribution in [0.1, 0.15) is 5.56 Å². The highest BCUT2D eigenvalue weighted by molar-refractivity contribution is 6.30. The normalized spacial score (nSPS) is 10.1. The molecule has 0 saturated heterocycles. The molecule has 7 heteroatoms. The molecule has 0 aliphatic heterocycles. The van der Waals surface area contributed by atoms with Gasteiger partial charge in [0.05, 0.1) is 4.92 Å². The summed E-state index contributed by atoms with van der Waals surface area (Å²) in [5.74, 6) is 0.107. The molecule has 0 aromatic heterocycles. The van der Waals surface area contributed by atoms with E-state index in [4.69, 9.17) is 21.1 Å². The third-order valence-electron chi connectivity index (χ3n) is 2.74. The molecule has 0 heterocycles. The first kappa shape index (κ1) is 15.8. The van der Waals surface area contributed by atoms with E-state index in [0.717, 1.165) is 0 Å². The first-order valence-corrected chi connectivity index (χ1v) is 6.67. The lowest BCUT2D eigenvalue weighted by molar-refractivity contribution is -0.384. The van der Waals surface area contributed by atoms with Crippen LogP contribution in [0.3, 0.4) is 0 Å². The van der Waals surface area contributed by atoms with E-state index in [0.29, 0.717) is 22.1 Å². The Morgan fingerprint density at radius 2 is 2.05 bits per heavy atom. The van der Waals surface area contributed by atoms with Crippen LogP contribution < -0.4 is 9.47 Å². The van der Waals surface area contributed by atoms with Crippen molar-refractivity contribution in [3.8, 4) is 11.5 Å². The van der Waals surface area contributed by atoms with Crippen LogP contribution in [0.4, 0.5) is 5.69 Å². The number of halogens is 1. The van der Waals surface area contributed by atoms with Gasteiger partial charge in [-0.25, -0.2) is 4.79 Å². The number of hydrogen-bond donors (Lipinski definition) is 0. The number of non-ortho nitro benzene ring substituents is 1. The summed E-state index contributed by atoms with van der Waals surface area (Å²) in [6.45, 7) is 1.34. The lowest BCUT2D eigenvalue weighted by Gasteiger charge is -2.09. The van der Waals surface area contributed by atoms with Crippen molar-refractivity contribution in [2.75, 3.05) is 6.61 Å². The Morgan fingerprint density at radius 3 is 2.68 bits per heavy atom. The van der Waals surface area contributed by atoms with Crippen LogP contribution in [0.15, 0.2) is 42.5 Å². The van der Waals surface area contributed by atoms with E-state index in [1.165, 1.54) is 24.3 Å². The van der Waals surface area contributed by atoms with Crippen molar-refractivity contribution in [2.45, 2.75) is 6.92 Å². The SMILES string of the molecule is Cc1cc([N+](=O)[O-])ccc1OCC(=O)Oc1cccc(Cl)c1. The number of nitro groups is 1. The van der Waals surface area contributed by atoms with E-state index < -0.39 is 10.9 Å². The van der Waals surface area contributed by atoms with Gasteiger partial charge < -0.3 is 9.47 Å². The highest BCUT2D eigenvalue weighted by Gasteiger charge is 2.11. The smallest absolute Gasteiger partial charge is 0.349 e. The fourth-order valence-corrected chi connectivity index (χ4v) is 1.92. The second-order valence-corrected chi connectivity index (χ2v) is 4.86. The number of rotatable bonds is 5. The molecular formula is C15H12ClNO5. The second kappa shape index (κ2) is 6.91. The van der Waals surface area contributed by atoms with Crippen LogP contribution in [0.5, 0.6) is 11.5 Å². The van der Waals surface area contributed by atoms with E-state index in [2.05, 4.69) is 0 Å². The molecule has 0 unspecified atom stereocenters. The lowest BCUT2D eigenvalue weighted by atomic mass is 10.2. The molecule has 2 aromatic rings. The molecule has 114 valence electrons. The van der Waals surface area contributed by atoms with Crippen LogP contribution in [0.25, 0.3) is 0 Å². The number of nitrogens with zero attached hydrogens (tertiary/aromatic N) is 1. The van der Waals surface area contributed by atoms with Crippen LogP contribution in [0.2, 0.25) is 5.02 Å². The van der Waals surface area contributed by atoms with Crippen LogP contribution in [-0.2, 0) is 4.79 Å². The van der Waals surface area contributed by atoms with E-state index in [9.17, 15) is 14.9 Å². The zero-order valence-electron chi connectivity index (χ0n) is 11.6. The van der Waals surface area contributed by atoms with Crippen molar-refractivity contribution in [3.63, 3.8) is 0 Å². The summed E-state index contributed by atoms with van der Waals surface area (Å²) in [6, 6.07) is 10.6. The van der Waals surface area contributed by atoms with Crippen molar-refractivity contribution in [1.29, 1.82) is 0 Å². The van der Waals surface area contributed by atoms with Gasteiger partial charge in [0.1, 0.15) is 11.5 Å². The fourth-order valence-electron chi connectivity index (χ4n) is 1.74. The van der Waals surface area contributed by atoms with Crippen molar-refractivity contribution in [2.24, 2.45) is 0 Å². The average Bonchev–Trinajstić information content (AvgIpc) is 2.45. The standard InChI is InChI=1S/C15H12ClNO5/c1-10-7-12(17(19)20)5-6-14(10)21-9-15(18)22-13-4-2-3-11(16)8-13/h2-8H,9H2,1H3. The number of carbonyl (C=O) groups is 1. The Labute approximate surface area is 131 Å². The molecule has 0 aliphatic carbocycles. The minimum atomic E-state index is -0.597. The van der Waals surface area contributed by atoms with Gasteiger partial charge in [-0.15, -0.1) is 0 Å². The third kappa shape index (κ3) is 4.20. The van der Waals surface area contributed by atoms with Crippen LogP contribution >= 0.6 is 11.6 Å².